The zero-order chi connectivity index (χ0) is 22.0. The monoisotopic (exact) mass is 452 g/mol. The normalized spacial score (nSPS) is 12.7. The topological polar surface area (TPSA) is 111 Å². The van der Waals surface area contributed by atoms with Crippen molar-refractivity contribution < 1.29 is 33.4 Å². The summed E-state index contributed by atoms with van der Waals surface area (Å²) < 4.78 is 14.6. The molecular weight excluding hydrogens is 436 g/mol. The van der Waals surface area contributed by atoms with Crippen molar-refractivity contribution in [3.8, 4) is 5.75 Å². The molecule has 1 aliphatic heterocycles. The molecule has 0 saturated carbocycles. The summed E-state index contributed by atoms with van der Waals surface area (Å²) in [5.41, 5.74) is 0.897. The molecule has 3 rings (SSSR count). The van der Waals surface area contributed by atoms with E-state index in [-0.39, 0.29) is 28.5 Å². The van der Waals surface area contributed by atoms with Crippen LogP contribution in [0.1, 0.15) is 25.6 Å². The van der Waals surface area contributed by atoms with Gasteiger partial charge in [0.15, 0.2) is 5.75 Å². The summed E-state index contributed by atoms with van der Waals surface area (Å²) in [5, 5.41) is 3.18. The van der Waals surface area contributed by atoms with Crippen molar-refractivity contribution in [2.45, 2.75) is 6.92 Å². The molecule has 9 nitrogen and oxygen atoms in total. The number of hydrogen-bond acceptors (Lipinski definition) is 9. The van der Waals surface area contributed by atoms with Crippen LogP contribution < -0.4 is 15.0 Å². The molecule has 1 aliphatic rings. The number of hydrogen-bond donors (Lipinski definition) is 1. The Hall–Kier alpha value is -3.11. The molecule has 11 heteroatoms. The van der Waals surface area contributed by atoms with Gasteiger partial charge in [0.05, 0.1) is 32.0 Å². The molecule has 30 heavy (non-hydrogen) atoms. The highest BCUT2D eigenvalue weighted by Crippen LogP contribution is 2.36. The zero-order valence-electron chi connectivity index (χ0n) is 16.2. The first-order chi connectivity index (χ1) is 14.2. The van der Waals surface area contributed by atoms with Gasteiger partial charge < -0.3 is 24.4 Å². The maximum absolute atomic E-state index is 12.7. The minimum atomic E-state index is -0.701. The standard InChI is InChI=1S/C19H17ClN2O7S/c1-9-15(18(25)27-2)17(30-16(9)19(26)28-3)21-13(23)7-22-8-14(24)29-12-5-4-10(20)6-11(12)22/h4-6H,7-8H2,1-3H3,(H,21,23). The minimum absolute atomic E-state index is 0.0674. The maximum atomic E-state index is 12.7. The molecule has 0 fully saturated rings. The molecule has 2 aromatic rings. The predicted octanol–water partition coefficient (Wildman–Crippen LogP) is 2.65. The third-order valence-corrected chi connectivity index (χ3v) is 5.72. The number of thiophene rings is 1. The van der Waals surface area contributed by atoms with E-state index in [1.54, 1.807) is 25.1 Å². The minimum Gasteiger partial charge on any atom is -0.465 e. The molecule has 158 valence electrons. The van der Waals surface area contributed by atoms with Crippen LogP contribution in [0.5, 0.6) is 5.75 Å². The average molecular weight is 453 g/mol. The van der Waals surface area contributed by atoms with Gasteiger partial charge in [-0.2, -0.15) is 0 Å². The number of benzene rings is 1. The maximum Gasteiger partial charge on any atom is 0.348 e. The third-order valence-electron chi connectivity index (χ3n) is 4.30. The lowest BCUT2D eigenvalue weighted by molar-refractivity contribution is -0.133. The van der Waals surface area contributed by atoms with E-state index in [0.717, 1.165) is 11.3 Å². The number of anilines is 2. The first kappa shape index (κ1) is 21.6. The molecular formula is C19H17ClN2O7S. The molecule has 0 aliphatic carbocycles. The van der Waals surface area contributed by atoms with E-state index in [2.05, 4.69) is 5.32 Å². The molecule has 2 heterocycles. The van der Waals surface area contributed by atoms with Gasteiger partial charge in [-0.1, -0.05) is 11.6 Å². The number of fused-ring (bicyclic) bond motifs is 1. The molecule has 1 aromatic carbocycles. The second-order valence-corrected chi connectivity index (χ2v) is 7.69. The quantitative estimate of drug-likeness (QED) is 0.544. The van der Waals surface area contributed by atoms with Gasteiger partial charge >= 0.3 is 17.9 Å². The van der Waals surface area contributed by atoms with Crippen molar-refractivity contribution in [3.63, 3.8) is 0 Å². The Bertz CT molecular complexity index is 1050. The van der Waals surface area contributed by atoms with E-state index in [0.29, 0.717) is 22.0 Å². The number of nitrogens with zero attached hydrogens (tertiary/aromatic N) is 1. The Morgan fingerprint density at radius 1 is 1.23 bits per heavy atom. The highest BCUT2D eigenvalue weighted by Gasteiger charge is 2.29. The summed E-state index contributed by atoms with van der Waals surface area (Å²) in [6.07, 6.45) is 0. The van der Waals surface area contributed by atoms with E-state index >= 15 is 0 Å². The molecule has 0 bridgehead atoms. The highest BCUT2D eigenvalue weighted by atomic mass is 35.5. The highest BCUT2D eigenvalue weighted by molar-refractivity contribution is 7.18. The van der Waals surface area contributed by atoms with Gasteiger partial charge in [-0.3, -0.25) is 4.79 Å². The molecule has 1 aromatic heterocycles. The first-order valence-electron chi connectivity index (χ1n) is 8.60. The van der Waals surface area contributed by atoms with Crippen LogP contribution in [-0.4, -0.2) is 51.1 Å². The zero-order valence-corrected chi connectivity index (χ0v) is 17.8. The number of halogens is 1. The fraction of sp³-hybridized carbons (Fsp3) is 0.263. The van der Waals surface area contributed by atoms with Crippen LogP contribution in [0.3, 0.4) is 0 Å². The second-order valence-electron chi connectivity index (χ2n) is 6.23. The average Bonchev–Trinajstić information content (AvgIpc) is 3.02. The Balaban J connectivity index is 1.87. The largest absolute Gasteiger partial charge is 0.465 e. The summed E-state index contributed by atoms with van der Waals surface area (Å²) in [6.45, 7) is 1.19. The van der Waals surface area contributed by atoms with Gasteiger partial charge in [0.25, 0.3) is 0 Å². The summed E-state index contributed by atoms with van der Waals surface area (Å²) in [6, 6.07) is 4.70. The molecule has 0 atom stereocenters. The van der Waals surface area contributed by atoms with E-state index in [1.807, 2.05) is 0 Å². The fourth-order valence-electron chi connectivity index (χ4n) is 2.94. The summed E-state index contributed by atoms with van der Waals surface area (Å²) in [5.74, 6) is -2.08. The number of amides is 1. The van der Waals surface area contributed by atoms with Gasteiger partial charge in [0.1, 0.15) is 16.4 Å². The number of methoxy groups -OCH3 is 2. The molecule has 0 saturated heterocycles. The van der Waals surface area contributed by atoms with Crippen molar-refractivity contribution >= 4 is 57.4 Å². The van der Waals surface area contributed by atoms with Crippen LogP contribution in [0.4, 0.5) is 10.7 Å². The summed E-state index contributed by atoms with van der Waals surface area (Å²) in [4.78, 5) is 50.4. The first-order valence-corrected chi connectivity index (χ1v) is 9.79. The Labute approximate surface area is 180 Å². The van der Waals surface area contributed by atoms with Crippen LogP contribution in [0.15, 0.2) is 18.2 Å². The second kappa shape index (κ2) is 8.72. The molecule has 1 N–H and O–H groups in total. The van der Waals surface area contributed by atoms with E-state index in [4.69, 9.17) is 25.8 Å². The Morgan fingerprint density at radius 2 is 1.93 bits per heavy atom. The van der Waals surface area contributed by atoms with E-state index in [1.165, 1.54) is 19.1 Å². The number of esters is 3. The van der Waals surface area contributed by atoms with Gasteiger partial charge in [0.2, 0.25) is 5.91 Å². The van der Waals surface area contributed by atoms with Gasteiger partial charge in [-0.25, -0.2) is 14.4 Å². The van der Waals surface area contributed by atoms with Crippen molar-refractivity contribution in [1.82, 2.24) is 0 Å². The van der Waals surface area contributed by atoms with E-state index in [9.17, 15) is 19.2 Å². The third kappa shape index (κ3) is 4.24. The van der Waals surface area contributed by atoms with Gasteiger partial charge in [-0.05, 0) is 30.7 Å². The lowest BCUT2D eigenvalue weighted by Gasteiger charge is -2.29. The number of ether oxygens (including phenoxy) is 3. The van der Waals surface area contributed by atoms with Crippen molar-refractivity contribution in [2.24, 2.45) is 0 Å². The lowest BCUT2D eigenvalue weighted by Crippen LogP contribution is -2.41. The lowest BCUT2D eigenvalue weighted by atomic mass is 10.1. The fourth-order valence-corrected chi connectivity index (χ4v) is 4.23. The van der Waals surface area contributed by atoms with Crippen molar-refractivity contribution in [2.75, 3.05) is 37.5 Å². The van der Waals surface area contributed by atoms with E-state index < -0.39 is 23.8 Å². The summed E-state index contributed by atoms with van der Waals surface area (Å²) in [7, 11) is 2.42. The Kier molecular flexibility index (Phi) is 6.28. The number of rotatable bonds is 5. The Morgan fingerprint density at radius 3 is 2.60 bits per heavy atom. The van der Waals surface area contributed by atoms with Crippen LogP contribution in [-0.2, 0) is 19.1 Å². The summed E-state index contributed by atoms with van der Waals surface area (Å²) >= 11 is 6.92. The van der Waals surface area contributed by atoms with Crippen LogP contribution in [0.2, 0.25) is 5.02 Å². The van der Waals surface area contributed by atoms with Gasteiger partial charge in [-0.15, -0.1) is 11.3 Å². The molecule has 0 spiro atoms. The SMILES string of the molecule is COC(=O)c1sc(NC(=O)CN2CC(=O)Oc3ccc(Cl)cc32)c(C(=O)OC)c1C. The number of carbonyl (C=O) groups excluding carboxylic acids is 4. The van der Waals surface area contributed by atoms with Crippen LogP contribution in [0.25, 0.3) is 0 Å². The molecule has 0 radical (unpaired) electrons. The molecule has 1 amide bonds. The number of nitrogens with one attached hydrogen (secondary N) is 1. The van der Waals surface area contributed by atoms with Crippen LogP contribution in [0, 0.1) is 6.92 Å². The van der Waals surface area contributed by atoms with Crippen molar-refractivity contribution in [3.05, 3.63) is 39.2 Å². The van der Waals surface area contributed by atoms with Crippen LogP contribution >= 0.6 is 22.9 Å². The number of carbonyl (C=O) groups is 4. The smallest absolute Gasteiger partial charge is 0.348 e. The predicted molar refractivity (Wildman–Crippen MR) is 110 cm³/mol. The molecule has 0 unspecified atom stereocenters. The van der Waals surface area contributed by atoms with Gasteiger partial charge in [0, 0.05) is 5.02 Å². The van der Waals surface area contributed by atoms with Crippen molar-refractivity contribution in [1.29, 1.82) is 0 Å².